The Hall–Kier alpha value is -3.41. The molecule has 200 valence electrons. The van der Waals surface area contributed by atoms with Crippen molar-refractivity contribution in [1.82, 2.24) is 4.98 Å². The van der Waals surface area contributed by atoms with E-state index < -0.39 is 0 Å². The molecule has 6 heteroatoms. The number of pyridine rings is 1. The van der Waals surface area contributed by atoms with Crippen LogP contribution in [0.2, 0.25) is 0 Å². The van der Waals surface area contributed by atoms with Gasteiger partial charge in [-0.05, 0) is 75.3 Å². The van der Waals surface area contributed by atoms with Crippen LogP contribution in [0.1, 0.15) is 82.1 Å². The predicted octanol–water partition coefficient (Wildman–Crippen LogP) is 7.56. The van der Waals surface area contributed by atoms with Crippen LogP contribution in [0.4, 0.5) is 0 Å². The van der Waals surface area contributed by atoms with Crippen LogP contribution in [0.25, 0.3) is 10.9 Å². The van der Waals surface area contributed by atoms with Gasteiger partial charge < -0.3 is 14.3 Å². The Morgan fingerprint density at radius 2 is 1.71 bits per heavy atom. The average Bonchev–Trinajstić information content (AvgIpc) is 2.98. The molecule has 2 aliphatic carbocycles. The van der Waals surface area contributed by atoms with E-state index in [2.05, 4.69) is 29.4 Å². The first kappa shape index (κ1) is 26.2. The molecule has 3 aromatic rings. The van der Waals surface area contributed by atoms with Gasteiger partial charge in [0.05, 0.1) is 29.4 Å². The number of benzene rings is 2. The summed E-state index contributed by atoms with van der Waals surface area (Å²) in [5.41, 5.74) is 4.07. The number of esters is 1. The Morgan fingerprint density at radius 1 is 0.947 bits per heavy atom. The number of hydrogen-bond acceptors (Lipinski definition) is 6. The Bertz CT molecular complexity index is 1220. The highest BCUT2D eigenvalue weighted by Crippen LogP contribution is 2.38. The van der Waals surface area contributed by atoms with Crippen LogP contribution in [0, 0.1) is 11.8 Å². The van der Waals surface area contributed by atoms with Gasteiger partial charge in [-0.1, -0.05) is 60.8 Å². The van der Waals surface area contributed by atoms with Crippen molar-refractivity contribution in [2.45, 2.75) is 77.4 Å². The van der Waals surface area contributed by atoms with Crippen molar-refractivity contribution in [1.29, 1.82) is 0 Å². The quantitative estimate of drug-likeness (QED) is 0.218. The van der Waals surface area contributed by atoms with E-state index in [1.807, 2.05) is 43.3 Å². The normalized spacial score (nSPS) is 19.1. The molecule has 1 heterocycles. The number of carbonyl (C=O) groups excluding carboxylic acids is 1. The van der Waals surface area contributed by atoms with E-state index in [0.29, 0.717) is 19.1 Å². The van der Waals surface area contributed by atoms with E-state index >= 15 is 0 Å². The summed E-state index contributed by atoms with van der Waals surface area (Å²) in [4.78, 5) is 23.0. The second-order valence-corrected chi connectivity index (χ2v) is 10.5. The smallest absolute Gasteiger partial charge is 0.308 e. The molecule has 1 unspecified atom stereocenters. The fourth-order valence-corrected chi connectivity index (χ4v) is 5.63. The zero-order chi connectivity index (χ0) is 26.2. The monoisotopic (exact) mass is 514 g/mol. The van der Waals surface area contributed by atoms with Gasteiger partial charge in [0.15, 0.2) is 6.10 Å². The number of ether oxygens (including phenoxy) is 2. The SMILES string of the molecule is CCOC(=O)C1CCC(=NOC(c2ccc(OCc3ccc4ccccc4n3)cc2)C2CCCCC2)CC1. The van der Waals surface area contributed by atoms with Crippen molar-refractivity contribution in [3.63, 3.8) is 0 Å². The van der Waals surface area contributed by atoms with Crippen molar-refractivity contribution < 1.29 is 19.1 Å². The lowest BCUT2D eigenvalue weighted by atomic mass is 9.82. The Kier molecular flexibility index (Phi) is 8.90. The molecule has 0 bridgehead atoms. The standard InChI is InChI=1S/C32H38N2O4/c1-2-36-32(35)26-13-17-27(18-14-26)34-38-31(24-9-4-3-5-10-24)25-15-20-29(21-16-25)37-22-28-19-12-23-8-6-7-11-30(23)33-28/h6-8,11-12,15-16,19-21,24,26,31H,2-5,9-10,13-14,17-18,22H2,1H3. The van der Waals surface area contributed by atoms with Crippen LogP contribution < -0.4 is 4.74 Å². The first-order valence-electron chi connectivity index (χ1n) is 14.1. The first-order chi connectivity index (χ1) is 18.7. The number of para-hydroxylation sites is 1. The second-order valence-electron chi connectivity index (χ2n) is 10.5. The summed E-state index contributed by atoms with van der Waals surface area (Å²) in [5.74, 6) is 1.18. The minimum absolute atomic E-state index is 0.0135. The third-order valence-electron chi connectivity index (χ3n) is 7.81. The number of carbonyl (C=O) groups is 1. The van der Waals surface area contributed by atoms with E-state index in [4.69, 9.17) is 19.3 Å². The molecule has 0 aliphatic heterocycles. The lowest BCUT2D eigenvalue weighted by Gasteiger charge is -2.29. The lowest BCUT2D eigenvalue weighted by molar-refractivity contribution is -0.148. The predicted molar refractivity (Wildman–Crippen MR) is 149 cm³/mol. The zero-order valence-electron chi connectivity index (χ0n) is 22.3. The van der Waals surface area contributed by atoms with E-state index in [1.165, 1.54) is 19.3 Å². The Morgan fingerprint density at radius 3 is 2.47 bits per heavy atom. The third kappa shape index (κ3) is 6.72. The van der Waals surface area contributed by atoms with Gasteiger partial charge in [-0.3, -0.25) is 4.79 Å². The van der Waals surface area contributed by atoms with Gasteiger partial charge in [0, 0.05) is 11.3 Å². The number of aromatic nitrogens is 1. The molecule has 2 aromatic carbocycles. The molecule has 38 heavy (non-hydrogen) atoms. The number of hydrogen-bond donors (Lipinski definition) is 0. The highest BCUT2D eigenvalue weighted by Gasteiger charge is 2.29. The molecule has 0 spiro atoms. The van der Waals surface area contributed by atoms with Gasteiger partial charge in [-0.15, -0.1) is 0 Å². The maximum atomic E-state index is 12.1. The van der Waals surface area contributed by atoms with Crippen LogP contribution >= 0.6 is 0 Å². The number of oxime groups is 1. The topological polar surface area (TPSA) is 70.0 Å². The molecule has 2 aliphatic rings. The molecule has 2 fully saturated rings. The Balaban J connectivity index is 1.22. The molecule has 0 radical (unpaired) electrons. The Labute approximate surface area is 225 Å². The minimum Gasteiger partial charge on any atom is -0.487 e. The summed E-state index contributed by atoms with van der Waals surface area (Å²) in [6, 6.07) is 20.5. The van der Waals surface area contributed by atoms with Gasteiger partial charge in [0.2, 0.25) is 0 Å². The average molecular weight is 515 g/mol. The second kappa shape index (κ2) is 12.9. The highest BCUT2D eigenvalue weighted by molar-refractivity contribution is 5.86. The van der Waals surface area contributed by atoms with Gasteiger partial charge >= 0.3 is 5.97 Å². The van der Waals surface area contributed by atoms with Crippen molar-refractivity contribution >= 4 is 22.6 Å². The summed E-state index contributed by atoms with van der Waals surface area (Å²) in [7, 11) is 0. The number of rotatable bonds is 9. The number of nitrogens with zero attached hydrogens (tertiary/aromatic N) is 2. The van der Waals surface area contributed by atoms with Gasteiger partial charge in [0.1, 0.15) is 12.4 Å². The molecule has 0 amide bonds. The molecule has 2 saturated carbocycles. The van der Waals surface area contributed by atoms with E-state index in [9.17, 15) is 4.79 Å². The van der Waals surface area contributed by atoms with Crippen LogP contribution in [-0.4, -0.2) is 23.3 Å². The van der Waals surface area contributed by atoms with Crippen LogP contribution in [0.5, 0.6) is 5.75 Å². The fraction of sp³-hybridized carbons (Fsp3) is 0.469. The summed E-state index contributed by atoms with van der Waals surface area (Å²) in [6.45, 7) is 2.72. The zero-order valence-corrected chi connectivity index (χ0v) is 22.3. The number of fused-ring (bicyclic) bond motifs is 1. The molecule has 1 aromatic heterocycles. The van der Waals surface area contributed by atoms with Crippen LogP contribution in [-0.2, 0) is 21.0 Å². The highest BCUT2D eigenvalue weighted by atomic mass is 16.6. The summed E-state index contributed by atoms with van der Waals surface area (Å²) in [5, 5.41) is 5.75. The van der Waals surface area contributed by atoms with E-state index in [-0.39, 0.29) is 18.0 Å². The minimum atomic E-state index is -0.0775. The molecule has 0 N–H and O–H groups in total. The van der Waals surface area contributed by atoms with E-state index in [0.717, 1.165) is 72.1 Å². The summed E-state index contributed by atoms with van der Waals surface area (Å²) in [6.07, 6.45) is 9.17. The van der Waals surface area contributed by atoms with Gasteiger partial charge in [0.25, 0.3) is 0 Å². The fourth-order valence-electron chi connectivity index (χ4n) is 5.63. The third-order valence-corrected chi connectivity index (χ3v) is 7.81. The maximum Gasteiger partial charge on any atom is 0.308 e. The summed E-state index contributed by atoms with van der Waals surface area (Å²) < 4.78 is 11.3. The van der Waals surface area contributed by atoms with Crippen molar-refractivity contribution in [3.05, 3.63) is 71.9 Å². The van der Waals surface area contributed by atoms with Gasteiger partial charge in [-0.2, -0.15) is 0 Å². The van der Waals surface area contributed by atoms with E-state index in [1.54, 1.807) is 0 Å². The van der Waals surface area contributed by atoms with Crippen molar-refractivity contribution in [2.24, 2.45) is 17.0 Å². The van der Waals surface area contributed by atoms with Gasteiger partial charge in [-0.25, -0.2) is 4.98 Å². The lowest BCUT2D eigenvalue weighted by Crippen LogP contribution is -2.24. The molecule has 5 rings (SSSR count). The molecular weight excluding hydrogens is 476 g/mol. The summed E-state index contributed by atoms with van der Waals surface area (Å²) >= 11 is 0. The van der Waals surface area contributed by atoms with Crippen molar-refractivity contribution in [3.8, 4) is 5.75 Å². The first-order valence-corrected chi connectivity index (χ1v) is 14.1. The van der Waals surface area contributed by atoms with Crippen LogP contribution in [0.3, 0.4) is 0 Å². The molecule has 0 saturated heterocycles. The largest absolute Gasteiger partial charge is 0.487 e. The molecular formula is C32H38N2O4. The molecule has 6 nitrogen and oxygen atoms in total. The van der Waals surface area contributed by atoms with Crippen molar-refractivity contribution in [2.75, 3.05) is 6.61 Å². The molecule has 1 atom stereocenters. The maximum absolute atomic E-state index is 12.1. The van der Waals surface area contributed by atoms with Crippen LogP contribution in [0.15, 0.2) is 65.8 Å².